The van der Waals surface area contributed by atoms with Crippen LogP contribution in [0.1, 0.15) is 10.4 Å². The first-order chi connectivity index (χ1) is 12.6. The van der Waals surface area contributed by atoms with E-state index in [1.54, 1.807) is 12.1 Å². The van der Waals surface area contributed by atoms with Crippen LogP contribution in [-0.2, 0) is 0 Å². The van der Waals surface area contributed by atoms with Gasteiger partial charge in [0.25, 0.3) is 0 Å². The number of carboxylic acids is 1. The van der Waals surface area contributed by atoms with Gasteiger partial charge in [-0.3, -0.25) is 0 Å². The maximum absolute atomic E-state index is 11.8. The van der Waals surface area contributed by atoms with Crippen LogP contribution >= 0.6 is 15.9 Å². The Morgan fingerprint density at radius 1 is 0.808 bits per heavy atom. The monoisotopic (exact) mass is 403 g/mol. The molecule has 0 saturated carbocycles. The van der Waals surface area contributed by atoms with E-state index < -0.39 is 5.97 Å². The highest BCUT2D eigenvalue weighted by Gasteiger charge is 2.13. The second-order valence-corrected chi connectivity index (χ2v) is 6.88. The third kappa shape index (κ3) is 3.11. The zero-order chi connectivity index (χ0) is 18.1. The van der Waals surface area contributed by atoms with E-state index in [1.807, 2.05) is 66.7 Å². The second kappa shape index (κ2) is 6.73. The Kier molecular flexibility index (Phi) is 4.27. The summed E-state index contributed by atoms with van der Waals surface area (Å²) < 4.78 is 0.827. The molecule has 0 aliphatic heterocycles. The van der Waals surface area contributed by atoms with Gasteiger partial charge in [-0.15, -0.1) is 0 Å². The molecule has 0 radical (unpaired) electrons. The molecular weight excluding hydrogens is 390 g/mol. The van der Waals surface area contributed by atoms with Crippen LogP contribution in [0.4, 0.5) is 0 Å². The predicted molar refractivity (Wildman–Crippen MR) is 107 cm³/mol. The molecule has 0 spiro atoms. The van der Waals surface area contributed by atoms with E-state index in [-0.39, 0.29) is 5.56 Å². The Bertz CT molecular complexity index is 1120. The van der Waals surface area contributed by atoms with Crippen molar-refractivity contribution in [1.82, 2.24) is 4.98 Å². The summed E-state index contributed by atoms with van der Waals surface area (Å²) in [5.41, 5.74) is 4.62. The Balaban J connectivity index is 1.90. The maximum Gasteiger partial charge on any atom is 0.336 e. The van der Waals surface area contributed by atoms with Crippen molar-refractivity contribution < 1.29 is 9.90 Å². The number of carboxylic acid groups (broad SMARTS) is 1. The van der Waals surface area contributed by atoms with Gasteiger partial charge in [-0.2, -0.15) is 0 Å². The number of aromatic nitrogens is 1. The number of aromatic carboxylic acids is 1. The highest BCUT2D eigenvalue weighted by molar-refractivity contribution is 9.10. The molecule has 4 rings (SSSR count). The number of fused-ring (bicyclic) bond motifs is 1. The summed E-state index contributed by atoms with van der Waals surface area (Å²) in [6.45, 7) is 0. The van der Waals surface area contributed by atoms with Crippen LogP contribution in [0.25, 0.3) is 33.3 Å². The fourth-order valence-electron chi connectivity index (χ4n) is 3.01. The lowest BCUT2D eigenvalue weighted by Gasteiger charge is -2.09. The van der Waals surface area contributed by atoms with Crippen LogP contribution < -0.4 is 0 Å². The first-order valence-corrected chi connectivity index (χ1v) is 8.90. The summed E-state index contributed by atoms with van der Waals surface area (Å²) >= 11 is 3.39. The van der Waals surface area contributed by atoms with Gasteiger partial charge in [-0.25, -0.2) is 9.78 Å². The lowest BCUT2D eigenvalue weighted by atomic mass is 10.00. The number of rotatable bonds is 3. The van der Waals surface area contributed by atoms with Gasteiger partial charge in [0.2, 0.25) is 0 Å². The van der Waals surface area contributed by atoms with Crippen LogP contribution in [-0.4, -0.2) is 16.1 Å². The van der Waals surface area contributed by atoms with Crippen molar-refractivity contribution in [2.45, 2.75) is 0 Å². The van der Waals surface area contributed by atoms with E-state index in [4.69, 9.17) is 0 Å². The quantitative estimate of drug-likeness (QED) is 0.454. The largest absolute Gasteiger partial charge is 0.478 e. The van der Waals surface area contributed by atoms with Crippen molar-refractivity contribution in [1.29, 1.82) is 0 Å². The molecule has 0 bridgehead atoms. The van der Waals surface area contributed by atoms with Crippen LogP contribution in [0.15, 0.2) is 83.3 Å². The standard InChI is InChI=1S/C22H14BrNO2/c23-17-9-10-20-18(12-17)19(22(25)26)13-21(24-20)16-8-4-7-15(11-16)14-5-2-1-3-6-14/h1-13H,(H,25,26). The van der Waals surface area contributed by atoms with Gasteiger partial charge in [-0.05, 0) is 41.5 Å². The SMILES string of the molecule is O=C(O)c1cc(-c2cccc(-c3ccccc3)c2)nc2ccc(Br)cc12. The molecule has 0 unspecified atom stereocenters. The summed E-state index contributed by atoms with van der Waals surface area (Å²) in [6, 6.07) is 25.2. The second-order valence-electron chi connectivity index (χ2n) is 5.97. The number of hydrogen-bond donors (Lipinski definition) is 1. The molecule has 4 aromatic rings. The molecule has 3 aromatic carbocycles. The van der Waals surface area contributed by atoms with Gasteiger partial charge in [-0.1, -0.05) is 64.5 Å². The number of carbonyl (C=O) groups is 1. The van der Waals surface area contributed by atoms with Crippen LogP contribution in [0, 0.1) is 0 Å². The molecule has 1 heterocycles. The molecule has 0 aliphatic carbocycles. The molecule has 26 heavy (non-hydrogen) atoms. The van der Waals surface area contributed by atoms with Crippen LogP contribution in [0.5, 0.6) is 0 Å². The molecular formula is C22H14BrNO2. The fourth-order valence-corrected chi connectivity index (χ4v) is 3.37. The third-order valence-electron chi connectivity index (χ3n) is 4.27. The molecule has 0 aliphatic rings. The van der Waals surface area contributed by atoms with Crippen molar-refractivity contribution >= 4 is 32.8 Å². The summed E-state index contributed by atoms with van der Waals surface area (Å²) in [7, 11) is 0. The minimum Gasteiger partial charge on any atom is -0.478 e. The van der Waals surface area contributed by atoms with Gasteiger partial charge in [0, 0.05) is 15.4 Å². The number of nitrogens with zero attached hydrogens (tertiary/aromatic N) is 1. The minimum absolute atomic E-state index is 0.247. The molecule has 3 nitrogen and oxygen atoms in total. The first-order valence-electron chi connectivity index (χ1n) is 8.11. The topological polar surface area (TPSA) is 50.2 Å². The minimum atomic E-state index is -0.962. The van der Waals surface area contributed by atoms with Crippen molar-refractivity contribution in [3.05, 3.63) is 88.9 Å². The summed E-state index contributed by atoms with van der Waals surface area (Å²) in [5.74, 6) is -0.962. The van der Waals surface area contributed by atoms with Gasteiger partial charge in [0.05, 0.1) is 16.8 Å². The zero-order valence-electron chi connectivity index (χ0n) is 13.7. The van der Waals surface area contributed by atoms with Crippen LogP contribution in [0.3, 0.4) is 0 Å². The van der Waals surface area contributed by atoms with Gasteiger partial charge in [0.15, 0.2) is 0 Å². The summed E-state index contributed by atoms with van der Waals surface area (Å²) in [6.07, 6.45) is 0. The third-order valence-corrected chi connectivity index (χ3v) is 4.76. The lowest BCUT2D eigenvalue weighted by molar-refractivity contribution is 0.0699. The zero-order valence-corrected chi connectivity index (χ0v) is 15.3. The highest BCUT2D eigenvalue weighted by atomic mass is 79.9. The summed E-state index contributed by atoms with van der Waals surface area (Å²) in [5, 5.41) is 10.3. The average molecular weight is 404 g/mol. The molecule has 0 atom stereocenters. The van der Waals surface area contributed by atoms with Crippen molar-refractivity contribution in [3.63, 3.8) is 0 Å². The number of halogens is 1. The van der Waals surface area contributed by atoms with E-state index in [1.165, 1.54) is 0 Å². The lowest BCUT2D eigenvalue weighted by Crippen LogP contribution is -2.00. The molecule has 0 amide bonds. The molecule has 126 valence electrons. The number of pyridine rings is 1. The highest BCUT2D eigenvalue weighted by Crippen LogP contribution is 2.29. The number of hydrogen-bond acceptors (Lipinski definition) is 2. The molecule has 0 saturated heterocycles. The van der Waals surface area contributed by atoms with Crippen molar-refractivity contribution in [2.24, 2.45) is 0 Å². The van der Waals surface area contributed by atoms with Crippen molar-refractivity contribution in [2.75, 3.05) is 0 Å². The smallest absolute Gasteiger partial charge is 0.336 e. The normalized spacial score (nSPS) is 10.8. The molecule has 0 fully saturated rings. The number of benzene rings is 3. The predicted octanol–water partition coefficient (Wildman–Crippen LogP) is 6.03. The van der Waals surface area contributed by atoms with Gasteiger partial charge >= 0.3 is 5.97 Å². The maximum atomic E-state index is 11.8. The Morgan fingerprint density at radius 2 is 1.54 bits per heavy atom. The molecule has 1 aromatic heterocycles. The Morgan fingerprint density at radius 3 is 2.31 bits per heavy atom. The fraction of sp³-hybridized carbons (Fsp3) is 0. The van der Waals surface area contributed by atoms with Crippen molar-refractivity contribution in [3.8, 4) is 22.4 Å². The first kappa shape index (κ1) is 16.5. The van der Waals surface area contributed by atoms with Gasteiger partial charge < -0.3 is 5.11 Å². The van der Waals surface area contributed by atoms with Crippen LogP contribution in [0.2, 0.25) is 0 Å². The van der Waals surface area contributed by atoms with E-state index in [2.05, 4.69) is 20.9 Å². The average Bonchev–Trinajstić information content (AvgIpc) is 2.68. The summed E-state index contributed by atoms with van der Waals surface area (Å²) in [4.78, 5) is 16.4. The molecule has 1 N–H and O–H groups in total. The van der Waals surface area contributed by atoms with Gasteiger partial charge in [0.1, 0.15) is 0 Å². The Labute approximate surface area is 159 Å². The van der Waals surface area contributed by atoms with E-state index >= 15 is 0 Å². The van der Waals surface area contributed by atoms with E-state index in [0.29, 0.717) is 16.6 Å². The Hall–Kier alpha value is -2.98. The van der Waals surface area contributed by atoms with E-state index in [0.717, 1.165) is 21.2 Å². The molecule has 4 heteroatoms. The van der Waals surface area contributed by atoms with E-state index in [9.17, 15) is 9.90 Å².